The zero-order valence-electron chi connectivity index (χ0n) is 9.42. The van der Waals surface area contributed by atoms with Crippen LogP contribution in [0.25, 0.3) is 0 Å². The molecule has 0 aliphatic carbocycles. The van der Waals surface area contributed by atoms with E-state index in [0.717, 1.165) is 25.1 Å². The Morgan fingerprint density at radius 2 is 2.38 bits per heavy atom. The zero-order valence-corrected chi connectivity index (χ0v) is 9.42. The molecule has 1 heterocycles. The van der Waals surface area contributed by atoms with Crippen molar-refractivity contribution in [2.75, 3.05) is 24.2 Å². The summed E-state index contributed by atoms with van der Waals surface area (Å²) in [6, 6.07) is 4.37. The van der Waals surface area contributed by atoms with Crippen LogP contribution in [0.15, 0.2) is 18.2 Å². The van der Waals surface area contributed by atoms with Gasteiger partial charge < -0.3 is 15.8 Å². The molecule has 1 unspecified atom stereocenters. The summed E-state index contributed by atoms with van der Waals surface area (Å²) in [5.74, 6) is -0.314. The Bertz CT molecular complexity index is 375. The number of ether oxygens (including phenoxy) is 1. The summed E-state index contributed by atoms with van der Waals surface area (Å²) >= 11 is 0. The Balaban J connectivity index is 1.99. The fourth-order valence-corrected chi connectivity index (χ4v) is 1.95. The van der Waals surface area contributed by atoms with Crippen LogP contribution in [-0.4, -0.2) is 18.8 Å². The molecule has 1 fully saturated rings. The van der Waals surface area contributed by atoms with Crippen LogP contribution in [0.4, 0.5) is 15.8 Å². The Kier molecular flexibility index (Phi) is 3.01. The summed E-state index contributed by atoms with van der Waals surface area (Å²) in [6.45, 7) is 3.59. The summed E-state index contributed by atoms with van der Waals surface area (Å²) in [5, 5.41) is 3.21. The monoisotopic (exact) mass is 224 g/mol. The first-order valence-corrected chi connectivity index (χ1v) is 5.52. The van der Waals surface area contributed by atoms with E-state index in [1.165, 1.54) is 12.1 Å². The Hall–Kier alpha value is -1.29. The summed E-state index contributed by atoms with van der Waals surface area (Å²) in [4.78, 5) is 0. The van der Waals surface area contributed by atoms with Gasteiger partial charge in [0.2, 0.25) is 0 Å². The van der Waals surface area contributed by atoms with Gasteiger partial charge in [0, 0.05) is 13.2 Å². The minimum atomic E-state index is -0.314. The van der Waals surface area contributed by atoms with Crippen LogP contribution < -0.4 is 11.1 Å². The number of hydrogen-bond donors (Lipinski definition) is 2. The number of rotatable bonds is 3. The highest BCUT2D eigenvalue weighted by Gasteiger charge is 2.29. The predicted molar refractivity (Wildman–Crippen MR) is 62.9 cm³/mol. The first-order chi connectivity index (χ1) is 7.59. The third-order valence-electron chi connectivity index (χ3n) is 2.97. The summed E-state index contributed by atoms with van der Waals surface area (Å²) in [6.07, 6.45) is 2.14. The van der Waals surface area contributed by atoms with E-state index in [4.69, 9.17) is 10.5 Å². The molecule has 1 atom stereocenters. The first kappa shape index (κ1) is 11.2. The van der Waals surface area contributed by atoms with Crippen molar-refractivity contribution >= 4 is 11.4 Å². The molecule has 0 aromatic heterocycles. The van der Waals surface area contributed by atoms with Crippen LogP contribution in [0.5, 0.6) is 0 Å². The van der Waals surface area contributed by atoms with Crippen molar-refractivity contribution in [2.45, 2.75) is 25.4 Å². The maximum atomic E-state index is 12.8. The number of benzene rings is 1. The molecule has 88 valence electrons. The maximum absolute atomic E-state index is 12.8. The minimum absolute atomic E-state index is 0.124. The van der Waals surface area contributed by atoms with Crippen LogP contribution in [0, 0.1) is 5.82 Å². The van der Waals surface area contributed by atoms with Gasteiger partial charge in [-0.15, -0.1) is 0 Å². The van der Waals surface area contributed by atoms with Gasteiger partial charge in [0.1, 0.15) is 5.82 Å². The number of halogens is 1. The standard InChI is InChI=1S/C12H17FN2O/c1-12(5-2-6-16-12)8-15-11-4-3-9(13)7-10(11)14/h3-4,7,15H,2,5-6,8,14H2,1H3. The molecule has 3 N–H and O–H groups in total. The van der Waals surface area contributed by atoms with Gasteiger partial charge in [-0.05, 0) is 38.0 Å². The van der Waals surface area contributed by atoms with Gasteiger partial charge in [-0.2, -0.15) is 0 Å². The zero-order chi connectivity index (χ0) is 11.6. The molecule has 16 heavy (non-hydrogen) atoms. The molecule has 0 amide bonds. The van der Waals surface area contributed by atoms with Crippen molar-refractivity contribution in [1.29, 1.82) is 0 Å². The largest absolute Gasteiger partial charge is 0.397 e. The molecule has 0 radical (unpaired) electrons. The second kappa shape index (κ2) is 4.29. The number of nitrogens with two attached hydrogens (primary N) is 1. The number of nitrogen functional groups attached to an aromatic ring is 1. The van der Waals surface area contributed by atoms with Crippen molar-refractivity contribution in [3.8, 4) is 0 Å². The predicted octanol–water partition coefficient (Wildman–Crippen LogP) is 2.39. The van der Waals surface area contributed by atoms with Gasteiger partial charge in [-0.25, -0.2) is 4.39 Å². The molecular weight excluding hydrogens is 207 g/mol. The lowest BCUT2D eigenvalue weighted by molar-refractivity contribution is 0.0315. The highest BCUT2D eigenvalue weighted by Crippen LogP contribution is 2.27. The van der Waals surface area contributed by atoms with Crippen molar-refractivity contribution < 1.29 is 9.13 Å². The van der Waals surface area contributed by atoms with Crippen LogP contribution in [0.3, 0.4) is 0 Å². The molecule has 3 nitrogen and oxygen atoms in total. The van der Waals surface area contributed by atoms with Gasteiger partial charge in [0.05, 0.1) is 17.0 Å². The normalized spacial score (nSPS) is 24.6. The van der Waals surface area contributed by atoms with Gasteiger partial charge in [-0.1, -0.05) is 0 Å². The molecule has 4 heteroatoms. The quantitative estimate of drug-likeness (QED) is 0.775. The van der Waals surface area contributed by atoms with E-state index in [9.17, 15) is 4.39 Å². The van der Waals surface area contributed by atoms with Crippen molar-refractivity contribution in [3.05, 3.63) is 24.0 Å². The number of anilines is 2. The lowest BCUT2D eigenvalue weighted by atomic mass is 10.0. The Morgan fingerprint density at radius 3 is 3.00 bits per heavy atom. The van der Waals surface area contributed by atoms with E-state index in [2.05, 4.69) is 12.2 Å². The van der Waals surface area contributed by atoms with Crippen molar-refractivity contribution in [3.63, 3.8) is 0 Å². The minimum Gasteiger partial charge on any atom is -0.397 e. The SMILES string of the molecule is CC1(CNc2ccc(F)cc2N)CCCO1. The summed E-state index contributed by atoms with van der Waals surface area (Å²) < 4.78 is 18.5. The van der Waals surface area contributed by atoms with Crippen LogP contribution in [0.2, 0.25) is 0 Å². The average Bonchev–Trinajstić information content (AvgIpc) is 2.64. The molecule has 1 aromatic carbocycles. The van der Waals surface area contributed by atoms with Gasteiger partial charge in [0.25, 0.3) is 0 Å². The molecule has 1 aliphatic heterocycles. The van der Waals surface area contributed by atoms with Gasteiger partial charge in [-0.3, -0.25) is 0 Å². The van der Waals surface area contributed by atoms with E-state index in [1.807, 2.05) is 0 Å². The molecular formula is C12H17FN2O. The molecule has 0 saturated carbocycles. The highest BCUT2D eigenvalue weighted by atomic mass is 19.1. The molecule has 1 aliphatic rings. The maximum Gasteiger partial charge on any atom is 0.125 e. The first-order valence-electron chi connectivity index (χ1n) is 5.52. The topological polar surface area (TPSA) is 47.3 Å². The van der Waals surface area contributed by atoms with E-state index < -0.39 is 0 Å². The molecule has 1 saturated heterocycles. The molecule has 0 bridgehead atoms. The lowest BCUT2D eigenvalue weighted by Gasteiger charge is -2.24. The third kappa shape index (κ3) is 2.44. The Morgan fingerprint density at radius 1 is 1.56 bits per heavy atom. The van der Waals surface area contributed by atoms with Crippen molar-refractivity contribution in [2.24, 2.45) is 0 Å². The average molecular weight is 224 g/mol. The number of hydrogen-bond acceptors (Lipinski definition) is 3. The lowest BCUT2D eigenvalue weighted by Crippen LogP contribution is -2.32. The number of nitrogens with one attached hydrogen (secondary N) is 1. The van der Waals surface area contributed by atoms with Crippen LogP contribution in [0.1, 0.15) is 19.8 Å². The smallest absolute Gasteiger partial charge is 0.125 e. The highest BCUT2D eigenvalue weighted by molar-refractivity contribution is 5.65. The van der Waals surface area contributed by atoms with E-state index in [0.29, 0.717) is 12.2 Å². The van der Waals surface area contributed by atoms with E-state index >= 15 is 0 Å². The van der Waals surface area contributed by atoms with Crippen LogP contribution >= 0.6 is 0 Å². The van der Waals surface area contributed by atoms with Crippen LogP contribution in [-0.2, 0) is 4.74 Å². The van der Waals surface area contributed by atoms with Crippen molar-refractivity contribution in [1.82, 2.24) is 0 Å². The van der Waals surface area contributed by atoms with E-state index in [-0.39, 0.29) is 11.4 Å². The van der Waals surface area contributed by atoms with Gasteiger partial charge >= 0.3 is 0 Å². The second-order valence-corrected chi connectivity index (χ2v) is 4.49. The summed E-state index contributed by atoms with van der Waals surface area (Å²) in [5.41, 5.74) is 6.78. The molecule has 1 aromatic rings. The second-order valence-electron chi connectivity index (χ2n) is 4.49. The molecule has 0 spiro atoms. The molecule has 2 rings (SSSR count). The summed E-state index contributed by atoms with van der Waals surface area (Å²) in [7, 11) is 0. The fraction of sp³-hybridized carbons (Fsp3) is 0.500. The fourth-order valence-electron chi connectivity index (χ4n) is 1.95. The third-order valence-corrected chi connectivity index (χ3v) is 2.97. The Labute approximate surface area is 94.8 Å². The van der Waals surface area contributed by atoms with Gasteiger partial charge in [0.15, 0.2) is 0 Å². The van der Waals surface area contributed by atoms with E-state index in [1.54, 1.807) is 6.07 Å².